The molecule has 0 aromatic rings. The van der Waals surface area contributed by atoms with Gasteiger partial charge in [-0.1, -0.05) is 6.58 Å². The molecule has 46 valence electrons. The zero-order valence-corrected chi connectivity index (χ0v) is 5.18. The lowest BCUT2D eigenvalue weighted by Gasteiger charge is -1.82. The van der Waals surface area contributed by atoms with E-state index in [0.717, 1.165) is 11.9 Å². The van der Waals surface area contributed by atoms with Crippen LogP contribution in [0.1, 0.15) is 6.92 Å². The van der Waals surface area contributed by atoms with E-state index >= 15 is 0 Å². The molecule has 0 amide bonds. The van der Waals surface area contributed by atoms with E-state index in [-0.39, 0.29) is 0 Å². The number of hydrogen-bond acceptors (Lipinski definition) is 3. The number of allylic oxidation sites excluding steroid dienone is 1. The van der Waals surface area contributed by atoms with Crippen molar-refractivity contribution < 1.29 is 0 Å². The first-order valence-corrected chi connectivity index (χ1v) is 2.58. The van der Waals surface area contributed by atoms with Crippen LogP contribution in [0.2, 0.25) is 0 Å². The van der Waals surface area contributed by atoms with Gasteiger partial charge in [0.2, 0.25) is 0 Å². The Balaban J connectivity index is 2.95. The average molecular weight is 121 g/mol. The predicted octanol–water partition coefficient (Wildman–Crippen LogP) is 1.02. The zero-order valence-electron chi connectivity index (χ0n) is 5.18. The molecular weight excluding hydrogens is 114 g/mol. The standard InChI is InChI=1S/C6H7N3/c1-4-5(2)9-6(3-7)8-4/h3,7H,1H2,2H3. The van der Waals surface area contributed by atoms with Gasteiger partial charge in [0, 0.05) is 0 Å². The second-order valence-corrected chi connectivity index (χ2v) is 1.76. The van der Waals surface area contributed by atoms with Crippen molar-refractivity contribution >= 4 is 17.8 Å². The Morgan fingerprint density at radius 3 is 2.44 bits per heavy atom. The summed E-state index contributed by atoms with van der Waals surface area (Å²) in [5.74, 6) is 0.442. The molecule has 0 aromatic heterocycles. The minimum Gasteiger partial charge on any atom is -0.305 e. The van der Waals surface area contributed by atoms with E-state index in [1.807, 2.05) is 6.92 Å². The molecule has 0 fully saturated rings. The third-order valence-electron chi connectivity index (χ3n) is 1.08. The van der Waals surface area contributed by atoms with Crippen molar-refractivity contribution in [2.45, 2.75) is 6.92 Å². The van der Waals surface area contributed by atoms with Crippen molar-refractivity contribution in [1.82, 2.24) is 0 Å². The number of nitrogens with zero attached hydrogens (tertiary/aromatic N) is 2. The molecule has 0 radical (unpaired) electrons. The molecule has 0 aromatic carbocycles. The van der Waals surface area contributed by atoms with Gasteiger partial charge in [-0.25, -0.2) is 9.98 Å². The van der Waals surface area contributed by atoms with E-state index in [2.05, 4.69) is 16.6 Å². The summed E-state index contributed by atoms with van der Waals surface area (Å²) < 4.78 is 0. The van der Waals surface area contributed by atoms with Gasteiger partial charge in [0.15, 0.2) is 5.84 Å². The van der Waals surface area contributed by atoms with E-state index in [4.69, 9.17) is 5.41 Å². The summed E-state index contributed by atoms with van der Waals surface area (Å²) in [6.45, 7) is 5.43. The van der Waals surface area contributed by atoms with Crippen LogP contribution in [0.25, 0.3) is 0 Å². The van der Waals surface area contributed by atoms with Crippen LogP contribution in [0, 0.1) is 5.41 Å². The van der Waals surface area contributed by atoms with Gasteiger partial charge in [-0.05, 0) is 6.92 Å². The minimum absolute atomic E-state index is 0.442. The highest BCUT2D eigenvalue weighted by Crippen LogP contribution is 2.05. The van der Waals surface area contributed by atoms with Crippen molar-refractivity contribution in [2.75, 3.05) is 0 Å². The Bertz CT molecular complexity index is 222. The molecule has 3 heteroatoms. The Hall–Kier alpha value is -1.25. The van der Waals surface area contributed by atoms with Crippen molar-refractivity contribution in [3.05, 3.63) is 12.3 Å². The molecule has 1 aliphatic rings. The van der Waals surface area contributed by atoms with E-state index in [0.29, 0.717) is 11.5 Å². The van der Waals surface area contributed by atoms with E-state index < -0.39 is 0 Å². The normalized spacial score (nSPS) is 17.2. The number of hydrogen-bond donors (Lipinski definition) is 1. The van der Waals surface area contributed by atoms with E-state index in [1.54, 1.807) is 0 Å². The first-order valence-electron chi connectivity index (χ1n) is 2.58. The van der Waals surface area contributed by atoms with E-state index in [1.165, 1.54) is 0 Å². The van der Waals surface area contributed by atoms with Crippen LogP contribution in [-0.4, -0.2) is 17.8 Å². The number of aliphatic imine (C=N–C) groups is 2. The highest BCUT2D eigenvalue weighted by atomic mass is 15.0. The first kappa shape index (κ1) is 5.88. The fraction of sp³-hybridized carbons (Fsp3) is 0.167. The number of nitrogens with one attached hydrogen (secondary N) is 1. The summed E-state index contributed by atoms with van der Waals surface area (Å²) in [6.07, 6.45) is 1.11. The lowest BCUT2D eigenvalue weighted by atomic mass is 10.4. The summed E-state index contributed by atoms with van der Waals surface area (Å²) in [7, 11) is 0. The van der Waals surface area contributed by atoms with Crippen LogP contribution < -0.4 is 0 Å². The Kier molecular flexibility index (Phi) is 1.26. The summed E-state index contributed by atoms with van der Waals surface area (Å²) in [5.41, 5.74) is 1.46. The zero-order chi connectivity index (χ0) is 6.85. The van der Waals surface area contributed by atoms with E-state index in [9.17, 15) is 0 Å². The maximum Gasteiger partial charge on any atom is 0.170 e. The molecule has 3 nitrogen and oxygen atoms in total. The van der Waals surface area contributed by atoms with Gasteiger partial charge in [0.25, 0.3) is 0 Å². The molecule has 0 saturated heterocycles. The monoisotopic (exact) mass is 121 g/mol. The maximum absolute atomic E-state index is 6.78. The molecule has 1 aliphatic heterocycles. The Morgan fingerprint density at radius 2 is 2.22 bits per heavy atom. The summed E-state index contributed by atoms with van der Waals surface area (Å²) >= 11 is 0. The third-order valence-corrected chi connectivity index (χ3v) is 1.08. The molecule has 0 atom stereocenters. The molecule has 1 rings (SSSR count). The lowest BCUT2D eigenvalue weighted by molar-refractivity contribution is 1.51. The first-order chi connectivity index (χ1) is 4.24. The van der Waals surface area contributed by atoms with Gasteiger partial charge in [-0.3, -0.25) is 0 Å². The third kappa shape index (κ3) is 0.937. The topological polar surface area (TPSA) is 48.6 Å². The molecule has 0 unspecified atom stereocenters. The second-order valence-electron chi connectivity index (χ2n) is 1.76. The summed E-state index contributed by atoms with van der Waals surface area (Å²) in [5, 5.41) is 6.78. The lowest BCUT2D eigenvalue weighted by Crippen LogP contribution is -1.89. The number of amidine groups is 1. The maximum atomic E-state index is 6.78. The van der Waals surface area contributed by atoms with Gasteiger partial charge in [0.05, 0.1) is 17.6 Å². The van der Waals surface area contributed by atoms with Crippen molar-refractivity contribution in [1.29, 1.82) is 5.41 Å². The molecule has 0 aliphatic carbocycles. The number of rotatable bonds is 1. The van der Waals surface area contributed by atoms with Crippen molar-refractivity contribution in [3.63, 3.8) is 0 Å². The van der Waals surface area contributed by atoms with Crippen LogP contribution >= 0.6 is 0 Å². The highest BCUT2D eigenvalue weighted by molar-refractivity contribution is 6.35. The summed E-state index contributed by atoms with van der Waals surface area (Å²) in [6, 6.07) is 0. The van der Waals surface area contributed by atoms with Gasteiger partial charge in [0.1, 0.15) is 0 Å². The van der Waals surface area contributed by atoms with Gasteiger partial charge >= 0.3 is 0 Å². The van der Waals surface area contributed by atoms with Crippen molar-refractivity contribution in [2.24, 2.45) is 9.98 Å². The van der Waals surface area contributed by atoms with Crippen LogP contribution in [0.5, 0.6) is 0 Å². The SMILES string of the molecule is C=C1N=C(C=N)N=C1C. The fourth-order valence-electron chi connectivity index (χ4n) is 0.545. The van der Waals surface area contributed by atoms with Gasteiger partial charge in [-0.2, -0.15) is 0 Å². The van der Waals surface area contributed by atoms with Gasteiger partial charge in [-0.15, -0.1) is 0 Å². The molecular formula is C6H7N3. The van der Waals surface area contributed by atoms with Crippen LogP contribution in [-0.2, 0) is 0 Å². The minimum atomic E-state index is 0.442. The molecule has 1 N–H and O–H groups in total. The Morgan fingerprint density at radius 1 is 1.56 bits per heavy atom. The van der Waals surface area contributed by atoms with Gasteiger partial charge < -0.3 is 5.41 Å². The molecule has 0 spiro atoms. The second kappa shape index (κ2) is 1.93. The summed E-state index contributed by atoms with van der Waals surface area (Å²) in [4.78, 5) is 7.78. The fourth-order valence-corrected chi connectivity index (χ4v) is 0.545. The average Bonchev–Trinajstić information content (AvgIpc) is 2.13. The largest absolute Gasteiger partial charge is 0.305 e. The molecule has 0 saturated carbocycles. The quantitative estimate of drug-likeness (QED) is 0.503. The van der Waals surface area contributed by atoms with Crippen LogP contribution in [0.3, 0.4) is 0 Å². The van der Waals surface area contributed by atoms with Crippen molar-refractivity contribution in [3.8, 4) is 0 Å². The Labute approximate surface area is 53.3 Å². The highest BCUT2D eigenvalue weighted by Gasteiger charge is 2.06. The molecule has 0 bridgehead atoms. The smallest absolute Gasteiger partial charge is 0.170 e. The predicted molar refractivity (Wildman–Crippen MR) is 38.5 cm³/mol. The molecule has 1 heterocycles. The van der Waals surface area contributed by atoms with Crippen LogP contribution in [0.15, 0.2) is 22.3 Å². The molecule has 9 heavy (non-hydrogen) atoms. The van der Waals surface area contributed by atoms with Crippen LogP contribution in [0.4, 0.5) is 0 Å².